The Morgan fingerprint density at radius 3 is 2.45 bits per heavy atom. The van der Waals surface area contributed by atoms with Gasteiger partial charge in [0.15, 0.2) is 0 Å². The van der Waals surface area contributed by atoms with E-state index < -0.39 is 17.5 Å². The molecular formula is C15H14F2N2O. The van der Waals surface area contributed by atoms with Gasteiger partial charge in [-0.3, -0.25) is 4.79 Å². The third-order valence-electron chi connectivity index (χ3n) is 2.93. The van der Waals surface area contributed by atoms with Crippen LogP contribution in [0.4, 0.5) is 20.2 Å². The number of hydrogen-bond donors (Lipinski definition) is 2. The number of anilines is 2. The third kappa shape index (κ3) is 2.93. The van der Waals surface area contributed by atoms with E-state index in [4.69, 9.17) is 0 Å². The number of aryl methyl sites for hydroxylation is 1. The number of carbonyl (C=O) groups excluding carboxylic acids is 1. The van der Waals surface area contributed by atoms with Crippen molar-refractivity contribution in [3.8, 4) is 0 Å². The van der Waals surface area contributed by atoms with E-state index in [1.165, 1.54) is 0 Å². The molecule has 0 heterocycles. The van der Waals surface area contributed by atoms with E-state index in [0.29, 0.717) is 5.56 Å². The zero-order valence-corrected chi connectivity index (χ0v) is 11.1. The molecule has 0 spiro atoms. The van der Waals surface area contributed by atoms with Gasteiger partial charge in [-0.25, -0.2) is 8.78 Å². The zero-order valence-electron chi connectivity index (χ0n) is 11.1. The molecule has 104 valence electrons. The van der Waals surface area contributed by atoms with Crippen molar-refractivity contribution in [2.45, 2.75) is 6.92 Å². The second-order valence-electron chi connectivity index (χ2n) is 4.36. The minimum Gasteiger partial charge on any atom is -0.388 e. The highest BCUT2D eigenvalue weighted by atomic mass is 19.1. The van der Waals surface area contributed by atoms with E-state index in [9.17, 15) is 13.6 Å². The van der Waals surface area contributed by atoms with Gasteiger partial charge in [0.1, 0.15) is 11.6 Å². The summed E-state index contributed by atoms with van der Waals surface area (Å²) in [6.45, 7) is 1.85. The molecule has 0 aliphatic heterocycles. The molecule has 0 unspecified atom stereocenters. The Labute approximate surface area is 115 Å². The van der Waals surface area contributed by atoms with Crippen LogP contribution in [0.15, 0.2) is 36.4 Å². The standard InChI is InChI=1S/C15H14F2N2O/c1-9-7-10(3-6-13(9)18-2)15(20)19-14-8-11(16)4-5-12(14)17/h3-8,18H,1-2H3,(H,19,20). The Kier molecular flexibility index (Phi) is 3.98. The van der Waals surface area contributed by atoms with Crippen LogP contribution in [0.25, 0.3) is 0 Å². The molecule has 0 atom stereocenters. The van der Waals surface area contributed by atoms with E-state index in [-0.39, 0.29) is 5.69 Å². The maximum absolute atomic E-state index is 13.5. The smallest absolute Gasteiger partial charge is 0.255 e. The van der Waals surface area contributed by atoms with Crippen molar-refractivity contribution in [3.05, 3.63) is 59.2 Å². The number of amides is 1. The normalized spacial score (nSPS) is 10.2. The van der Waals surface area contributed by atoms with Crippen LogP contribution >= 0.6 is 0 Å². The molecule has 0 aliphatic rings. The highest BCUT2D eigenvalue weighted by molar-refractivity contribution is 6.04. The third-order valence-corrected chi connectivity index (χ3v) is 2.93. The summed E-state index contributed by atoms with van der Waals surface area (Å²) in [4.78, 5) is 12.0. The lowest BCUT2D eigenvalue weighted by Crippen LogP contribution is -2.13. The van der Waals surface area contributed by atoms with Crippen LogP contribution in [0, 0.1) is 18.6 Å². The minimum atomic E-state index is -0.677. The number of benzene rings is 2. The predicted molar refractivity (Wildman–Crippen MR) is 75.0 cm³/mol. The molecule has 1 amide bonds. The molecule has 5 heteroatoms. The Balaban J connectivity index is 2.24. The Bertz CT molecular complexity index is 656. The fourth-order valence-corrected chi connectivity index (χ4v) is 1.87. The van der Waals surface area contributed by atoms with Crippen LogP contribution in [-0.2, 0) is 0 Å². The van der Waals surface area contributed by atoms with Crippen molar-refractivity contribution >= 4 is 17.3 Å². The molecular weight excluding hydrogens is 262 g/mol. The van der Waals surface area contributed by atoms with Crippen molar-refractivity contribution in [1.82, 2.24) is 0 Å². The highest BCUT2D eigenvalue weighted by Gasteiger charge is 2.11. The first kappa shape index (κ1) is 14.0. The first-order valence-corrected chi connectivity index (χ1v) is 6.06. The topological polar surface area (TPSA) is 41.1 Å². The minimum absolute atomic E-state index is 0.176. The molecule has 0 saturated heterocycles. The van der Waals surface area contributed by atoms with Gasteiger partial charge in [-0.1, -0.05) is 0 Å². The molecule has 2 N–H and O–H groups in total. The van der Waals surface area contributed by atoms with Crippen LogP contribution in [0.2, 0.25) is 0 Å². The van der Waals surface area contributed by atoms with Gasteiger partial charge in [0.05, 0.1) is 5.69 Å². The van der Waals surface area contributed by atoms with Gasteiger partial charge in [0.25, 0.3) is 5.91 Å². The lowest BCUT2D eigenvalue weighted by Gasteiger charge is -2.09. The molecule has 3 nitrogen and oxygen atoms in total. The van der Waals surface area contributed by atoms with Gasteiger partial charge < -0.3 is 10.6 Å². The first-order valence-electron chi connectivity index (χ1n) is 6.06. The molecule has 0 radical (unpaired) electrons. The van der Waals surface area contributed by atoms with Gasteiger partial charge in [-0.05, 0) is 42.8 Å². The maximum atomic E-state index is 13.5. The summed E-state index contributed by atoms with van der Waals surface area (Å²) in [5.41, 5.74) is 1.99. The van der Waals surface area contributed by atoms with Crippen LogP contribution in [0.1, 0.15) is 15.9 Å². The number of halogens is 2. The average molecular weight is 276 g/mol. The summed E-state index contributed by atoms with van der Waals surface area (Å²) in [6, 6.07) is 7.97. The lowest BCUT2D eigenvalue weighted by atomic mass is 10.1. The summed E-state index contributed by atoms with van der Waals surface area (Å²) in [7, 11) is 1.78. The van der Waals surface area contributed by atoms with Gasteiger partial charge in [-0.2, -0.15) is 0 Å². The van der Waals surface area contributed by atoms with Crippen molar-refractivity contribution in [2.75, 3.05) is 17.7 Å². The molecule has 0 aromatic heterocycles. The Hall–Kier alpha value is -2.43. The average Bonchev–Trinajstić information content (AvgIpc) is 2.42. The van der Waals surface area contributed by atoms with Crippen molar-refractivity contribution < 1.29 is 13.6 Å². The molecule has 2 aromatic rings. The molecule has 0 saturated carbocycles. The van der Waals surface area contributed by atoms with Gasteiger partial charge >= 0.3 is 0 Å². The first-order chi connectivity index (χ1) is 9.51. The second kappa shape index (κ2) is 5.69. The number of hydrogen-bond acceptors (Lipinski definition) is 2. The van der Waals surface area contributed by atoms with E-state index >= 15 is 0 Å². The quantitative estimate of drug-likeness (QED) is 0.899. The monoisotopic (exact) mass is 276 g/mol. The molecule has 2 aromatic carbocycles. The van der Waals surface area contributed by atoms with Crippen LogP contribution in [0.5, 0.6) is 0 Å². The fraction of sp³-hybridized carbons (Fsp3) is 0.133. The Morgan fingerprint density at radius 2 is 1.80 bits per heavy atom. The second-order valence-corrected chi connectivity index (χ2v) is 4.36. The maximum Gasteiger partial charge on any atom is 0.255 e. The fourth-order valence-electron chi connectivity index (χ4n) is 1.87. The molecule has 0 aliphatic carbocycles. The largest absolute Gasteiger partial charge is 0.388 e. The summed E-state index contributed by atoms with van der Waals surface area (Å²) >= 11 is 0. The summed E-state index contributed by atoms with van der Waals surface area (Å²) in [5.74, 6) is -1.77. The summed E-state index contributed by atoms with van der Waals surface area (Å²) < 4.78 is 26.5. The molecule has 0 fully saturated rings. The Morgan fingerprint density at radius 1 is 1.05 bits per heavy atom. The van der Waals surface area contributed by atoms with Gasteiger partial charge in [0.2, 0.25) is 0 Å². The van der Waals surface area contributed by atoms with Crippen LogP contribution in [0.3, 0.4) is 0 Å². The van der Waals surface area contributed by atoms with Gasteiger partial charge in [0, 0.05) is 24.4 Å². The molecule has 20 heavy (non-hydrogen) atoms. The summed E-state index contributed by atoms with van der Waals surface area (Å²) in [5, 5.41) is 5.34. The van der Waals surface area contributed by atoms with E-state index in [2.05, 4.69) is 10.6 Å². The van der Waals surface area contributed by atoms with Crippen molar-refractivity contribution in [1.29, 1.82) is 0 Å². The van der Waals surface area contributed by atoms with E-state index in [1.807, 2.05) is 6.92 Å². The van der Waals surface area contributed by atoms with Crippen LogP contribution in [-0.4, -0.2) is 13.0 Å². The lowest BCUT2D eigenvalue weighted by molar-refractivity contribution is 0.102. The SMILES string of the molecule is CNc1ccc(C(=O)Nc2cc(F)ccc2F)cc1C. The molecule has 2 rings (SSSR count). The zero-order chi connectivity index (χ0) is 14.7. The van der Waals surface area contributed by atoms with E-state index in [0.717, 1.165) is 29.4 Å². The van der Waals surface area contributed by atoms with Crippen molar-refractivity contribution in [2.24, 2.45) is 0 Å². The van der Waals surface area contributed by atoms with Gasteiger partial charge in [-0.15, -0.1) is 0 Å². The van der Waals surface area contributed by atoms with Crippen molar-refractivity contribution in [3.63, 3.8) is 0 Å². The number of rotatable bonds is 3. The number of nitrogens with one attached hydrogen (secondary N) is 2. The van der Waals surface area contributed by atoms with Crippen LogP contribution < -0.4 is 10.6 Å². The molecule has 0 bridgehead atoms. The predicted octanol–water partition coefficient (Wildman–Crippen LogP) is 3.57. The highest BCUT2D eigenvalue weighted by Crippen LogP contribution is 2.19. The van der Waals surface area contributed by atoms with E-state index in [1.54, 1.807) is 25.2 Å². The summed E-state index contributed by atoms with van der Waals surface area (Å²) in [6.07, 6.45) is 0. The number of carbonyl (C=O) groups is 1.